The predicted octanol–water partition coefficient (Wildman–Crippen LogP) is 3.17. The molecule has 0 saturated heterocycles. The summed E-state index contributed by atoms with van der Waals surface area (Å²) in [5.74, 6) is 0.107. The van der Waals surface area contributed by atoms with E-state index in [1.165, 1.54) is 11.3 Å². The zero-order chi connectivity index (χ0) is 14.8. The molecule has 0 fully saturated rings. The van der Waals surface area contributed by atoms with Crippen LogP contribution in [0.5, 0.6) is 0 Å². The quantitative estimate of drug-likeness (QED) is 0.676. The summed E-state index contributed by atoms with van der Waals surface area (Å²) in [4.78, 5) is 20.2. The molecule has 0 unspecified atom stereocenters. The average Bonchev–Trinajstić information content (AvgIpc) is 3.00. The van der Waals surface area contributed by atoms with Crippen molar-refractivity contribution < 1.29 is 9.90 Å². The monoisotopic (exact) mass is 301 g/mol. The molecule has 3 aromatic rings. The number of aromatic amines is 1. The van der Waals surface area contributed by atoms with Crippen LogP contribution < -0.4 is 5.32 Å². The van der Waals surface area contributed by atoms with E-state index >= 15 is 0 Å². The maximum absolute atomic E-state index is 10.7. The van der Waals surface area contributed by atoms with Crippen LogP contribution in [0.2, 0.25) is 0 Å². The Hall–Kier alpha value is -2.34. The highest BCUT2D eigenvalue weighted by Gasteiger charge is 2.05. The van der Waals surface area contributed by atoms with Gasteiger partial charge in [0.15, 0.2) is 0 Å². The van der Waals surface area contributed by atoms with Gasteiger partial charge in [-0.3, -0.25) is 4.79 Å². The van der Waals surface area contributed by atoms with Gasteiger partial charge in [-0.15, -0.1) is 11.3 Å². The smallest absolute Gasteiger partial charge is 0.308 e. The van der Waals surface area contributed by atoms with Crippen molar-refractivity contribution in [3.8, 4) is 0 Å². The predicted molar refractivity (Wildman–Crippen MR) is 83.8 cm³/mol. The zero-order valence-electron chi connectivity index (χ0n) is 11.5. The number of fused-ring (bicyclic) bond motifs is 1. The number of aromatic nitrogens is 2. The number of nitrogens with zero attached hydrogens (tertiary/aromatic N) is 1. The number of hydrogen-bond donors (Lipinski definition) is 3. The van der Waals surface area contributed by atoms with E-state index < -0.39 is 5.97 Å². The fourth-order valence-electron chi connectivity index (χ4n) is 2.20. The average molecular weight is 301 g/mol. The minimum atomic E-state index is -0.795. The first-order chi connectivity index (χ1) is 10.1. The van der Waals surface area contributed by atoms with Crippen molar-refractivity contribution in [2.75, 3.05) is 5.32 Å². The number of carboxylic acid groups (broad SMARTS) is 1. The summed E-state index contributed by atoms with van der Waals surface area (Å²) in [6, 6.07) is 9.84. The number of benzene rings is 1. The molecule has 0 atom stereocenters. The van der Waals surface area contributed by atoms with E-state index in [-0.39, 0.29) is 6.42 Å². The first-order valence-electron chi connectivity index (χ1n) is 6.60. The molecule has 0 aliphatic heterocycles. The molecule has 3 rings (SSSR count). The van der Waals surface area contributed by atoms with Crippen molar-refractivity contribution in [1.82, 2.24) is 9.97 Å². The number of aliphatic carboxylic acids is 1. The van der Waals surface area contributed by atoms with Crippen LogP contribution in [0.3, 0.4) is 0 Å². The highest BCUT2D eigenvalue weighted by molar-refractivity contribution is 7.12. The molecule has 6 heteroatoms. The maximum Gasteiger partial charge on any atom is 0.308 e. The summed E-state index contributed by atoms with van der Waals surface area (Å²) in [6.07, 6.45) is 0.0873. The molecule has 2 aromatic heterocycles. The van der Waals surface area contributed by atoms with Crippen molar-refractivity contribution in [2.45, 2.75) is 19.9 Å². The summed E-state index contributed by atoms with van der Waals surface area (Å²) >= 11 is 1.52. The first kappa shape index (κ1) is 13.6. The highest BCUT2D eigenvalue weighted by atomic mass is 32.1. The lowest BCUT2D eigenvalue weighted by atomic mass is 10.2. The van der Waals surface area contributed by atoms with Crippen LogP contribution in [0.15, 0.2) is 30.3 Å². The molecule has 5 nitrogen and oxygen atoms in total. The van der Waals surface area contributed by atoms with Crippen LogP contribution in [0, 0.1) is 6.92 Å². The van der Waals surface area contributed by atoms with Gasteiger partial charge in [0, 0.05) is 22.0 Å². The molecule has 2 heterocycles. The van der Waals surface area contributed by atoms with E-state index in [1.54, 1.807) is 0 Å². The third-order valence-corrected chi connectivity index (χ3v) is 4.20. The number of carboxylic acids is 1. The minimum absolute atomic E-state index is 0.0873. The third kappa shape index (κ3) is 3.22. The third-order valence-electron chi connectivity index (χ3n) is 3.11. The van der Waals surface area contributed by atoms with Crippen LogP contribution in [0.1, 0.15) is 15.6 Å². The molecule has 0 aliphatic carbocycles. The van der Waals surface area contributed by atoms with Crippen LogP contribution in [-0.4, -0.2) is 21.0 Å². The molecular weight excluding hydrogens is 286 g/mol. The molecule has 108 valence electrons. The number of hydrogen-bond acceptors (Lipinski definition) is 4. The number of anilines is 1. The van der Waals surface area contributed by atoms with Gasteiger partial charge in [0.05, 0.1) is 17.5 Å². The molecule has 0 radical (unpaired) electrons. The van der Waals surface area contributed by atoms with E-state index in [1.807, 2.05) is 37.3 Å². The van der Waals surface area contributed by atoms with Crippen molar-refractivity contribution in [3.05, 3.63) is 45.9 Å². The number of H-pyrrole nitrogens is 1. The molecule has 0 amide bonds. The summed E-state index contributed by atoms with van der Waals surface area (Å²) in [5, 5.41) is 12.1. The molecule has 0 aliphatic rings. The lowest BCUT2D eigenvalue weighted by molar-refractivity contribution is -0.136. The van der Waals surface area contributed by atoms with Crippen molar-refractivity contribution >= 4 is 34.0 Å². The Morgan fingerprint density at radius 3 is 2.95 bits per heavy atom. The Labute approximate surface area is 125 Å². The van der Waals surface area contributed by atoms with Gasteiger partial charge in [-0.05, 0) is 37.3 Å². The Balaban J connectivity index is 1.68. The van der Waals surface area contributed by atoms with Gasteiger partial charge in [-0.1, -0.05) is 0 Å². The molecule has 21 heavy (non-hydrogen) atoms. The number of rotatable bonds is 5. The van der Waals surface area contributed by atoms with E-state index in [0.29, 0.717) is 6.54 Å². The van der Waals surface area contributed by atoms with Gasteiger partial charge in [0.1, 0.15) is 5.82 Å². The number of thiophene rings is 1. The summed E-state index contributed by atoms with van der Waals surface area (Å²) in [5.41, 5.74) is 2.98. The highest BCUT2D eigenvalue weighted by Crippen LogP contribution is 2.21. The van der Waals surface area contributed by atoms with E-state index in [9.17, 15) is 4.79 Å². The zero-order valence-corrected chi connectivity index (χ0v) is 12.3. The summed E-state index contributed by atoms with van der Waals surface area (Å²) in [6.45, 7) is 2.62. The van der Waals surface area contributed by atoms with E-state index in [2.05, 4.69) is 15.3 Å². The fraction of sp³-hybridized carbons (Fsp3) is 0.200. The van der Waals surface area contributed by atoms with Gasteiger partial charge in [-0.2, -0.15) is 0 Å². The lowest BCUT2D eigenvalue weighted by Gasteiger charge is -2.04. The Kier molecular flexibility index (Phi) is 3.62. The second kappa shape index (κ2) is 5.57. The minimum Gasteiger partial charge on any atom is -0.481 e. The number of carbonyl (C=O) groups is 1. The van der Waals surface area contributed by atoms with Crippen molar-refractivity contribution in [3.63, 3.8) is 0 Å². The molecule has 0 spiro atoms. The molecular formula is C15H15N3O2S. The fourth-order valence-corrected chi connectivity index (χ4v) is 3.15. The largest absolute Gasteiger partial charge is 0.481 e. The van der Waals surface area contributed by atoms with Crippen molar-refractivity contribution in [2.24, 2.45) is 0 Å². The Morgan fingerprint density at radius 1 is 1.33 bits per heavy atom. The molecule has 3 N–H and O–H groups in total. The second-order valence-electron chi connectivity index (χ2n) is 4.85. The first-order valence-corrected chi connectivity index (χ1v) is 7.41. The topological polar surface area (TPSA) is 78.0 Å². The molecule has 1 aromatic carbocycles. The van der Waals surface area contributed by atoms with Crippen LogP contribution in [0.25, 0.3) is 11.0 Å². The number of imidazole rings is 1. The molecule has 0 saturated carbocycles. The summed E-state index contributed by atoms with van der Waals surface area (Å²) in [7, 11) is 0. The lowest BCUT2D eigenvalue weighted by Crippen LogP contribution is -1.98. The second-order valence-corrected chi connectivity index (χ2v) is 6.10. The SMILES string of the molecule is Cc1nc2ccc(NCc3ccc(CC(=O)O)s3)cc2[nH]1. The van der Waals surface area contributed by atoms with Crippen molar-refractivity contribution in [1.29, 1.82) is 0 Å². The molecule has 0 bridgehead atoms. The van der Waals surface area contributed by atoms with Gasteiger partial charge < -0.3 is 15.4 Å². The van der Waals surface area contributed by atoms with Gasteiger partial charge >= 0.3 is 5.97 Å². The van der Waals surface area contributed by atoms with Crippen LogP contribution in [0.4, 0.5) is 5.69 Å². The maximum atomic E-state index is 10.7. The van der Waals surface area contributed by atoms with E-state index in [4.69, 9.17) is 5.11 Å². The summed E-state index contributed by atoms with van der Waals surface area (Å²) < 4.78 is 0. The Bertz CT molecular complexity index is 791. The standard InChI is InChI=1S/C15H15N3O2S/c1-9-17-13-5-2-10(6-14(13)18-9)16-8-12-4-3-11(21-12)7-15(19)20/h2-6,16H,7-8H2,1H3,(H,17,18)(H,19,20). The van der Waals surface area contributed by atoms with Crippen LogP contribution >= 0.6 is 11.3 Å². The van der Waals surface area contributed by atoms with E-state index in [0.717, 1.165) is 32.3 Å². The van der Waals surface area contributed by atoms with Crippen LogP contribution in [-0.2, 0) is 17.8 Å². The van der Waals surface area contributed by atoms with Gasteiger partial charge in [-0.25, -0.2) is 4.98 Å². The number of nitrogens with one attached hydrogen (secondary N) is 2. The Morgan fingerprint density at radius 2 is 2.14 bits per heavy atom. The van der Waals surface area contributed by atoms with Gasteiger partial charge in [0.25, 0.3) is 0 Å². The normalized spacial score (nSPS) is 10.9. The number of aryl methyl sites for hydroxylation is 1. The van der Waals surface area contributed by atoms with Gasteiger partial charge in [0.2, 0.25) is 0 Å².